The number of amides is 1. The third-order valence-corrected chi connectivity index (χ3v) is 5.21. The maximum Gasteiger partial charge on any atom is 0.251 e. The highest BCUT2D eigenvalue weighted by atomic mass is 32.1. The van der Waals surface area contributed by atoms with Gasteiger partial charge in [0, 0.05) is 18.3 Å². The van der Waals surface area contributed by atoms with Crippen molar-refractivity contribution in [2.75, 3.05) is 0 Å². The molecular formula is C20H17N3O2S. The summed E-state index contributed by atoms with van der Waals surface area (Å²) in [6.45, 7) is 2.50. The van der Waals surface area contributed by atoms with E-state index < -0.39 is 0 Å². The maximum atomic E-state index is 12.4. The Balaban J connectivity index is 1.43. The summed E-state index contributed by atoms with van der Waals surface area (Å²) in [5.41, 5.74) is 3.29. The highest BCUT2D eigenvalue weighted by molar-refractivity contribution is 7.18. The lowest BCUT2D eigenvalue weighted by Crippen LogP contribution is -2.22. The Hall–Kier alpha value is -2.99. The van der Waals surface area contributed by atoms with E-state index in [4.69, 9.17) is 4.42 Å². The van der Waals surface area contributed by atoms with E-state index in [0.717, 1.165) is 38.7 Å². The molecule has 0 atom stereocenters. The van der Waals surface area contributed by atoms with Crippen molar-refractivity contribution in [1.82, 2.24) is 15.3 Å². The molecule has 6 heteroatoms. The number of aromatic nitrogens is 2. The molecule has 5 nitrogen and oxygen atoms in total. The number of aryl methyl sites for hydroxylation is 1. The summed E-state index contributed by atoms with van der Waals surface area (Å²) in [7, 11) is 0. The molecule has 0 aliphatic carbocycles. The number of hydrogen-bond donors (Lipinski definition) is 1. The number of rotatable bonds is 5. The van der Waals surface area contributed by atoms with E-state index in [-0.39, 0.29) is 5.91 Å². The zero-order valence-electron chi connectivity index (χ0n) is 14.2. The number of carbonyl (C=O) groups excluding carboxylic acids is 1. The molecule has 4 rings (SSSR count). The van der Waals surface area contributed by atoms with E-state index in [9.17, 15) is 4.79 Å². The number of benzene rings is 1. The second-order valence-electron chi connectivity index (χ2n) is 5.86. The molecule has 1 aromatic carbocycles. The van der Waals surface area contributed by atoms with Crippen molar-refractivity contribution in [3.63, 3.8) is 0 Å². The van der Waals surface area contributed by atoms with E-state index in [1.165, 1.54) is 0 Å². The fourth-order valence-corrected chi connectivity index (χ4v) is 3.59. The standard InChI is InChI=1S/C20H17N3O2S/c1-2-19-23-16-8-6-14(10-18(16)26-19)20(24)22-12-13-5-7-15(21-11-13)17-4-3-9-25-17/h3-11H,2,12H2,1H3,(H,22,24). The SMILES string of the molecule is CCc1nc2ccc(C(=O)NCc3ccc(-c4ccco4)nc3)cc2s1. The minimum absolute atomic E-state index is 0.103. The van der Waals surface area contributed by atoms with Gasteiger partial charge in [-0.2, -0.15) is 0 Å². The molecule has 1 amide bonds. The summed E-state index contributed by atoms with van der Waals surface area (Å²) in [5, 5.41) is 4.02. The number of pyridine rings is 1. The Morgan fingerprint density at radius 2 is 2.15 bits per heavy atom. The molecule has 0 bridgehead atoms. The monoisotopic (exact) mass is 363 g/mol. The molecule has 0 saturated carbocycles. The van der Waals surface area contributed by atoms with Crippen molar-refractivity contribution in [2.24, 2.45) is 0 Å². The number of hydrogen-bond acceptors (Lipinski definition) is 5. The van der Waals surface area contributed by atoms with Crippen LogP contribution in [0.5, 0.6) is 0 Å². The summed E-state index contributed by atoms with van der Waals surface area (Å²) < 4.78 is 6.36. The van der Waals surface area contributed by atoms with Gasteiger partial charge in [-0.25, -0.2) is 4.98 Å². The summed E-state index contributed by atoms with van der Waals surface area (Å²) in [5.74, 6) is 0.623. The normalized spacial score (nSPS) is 11.0. The van der Waals surface area contributed by atoms with E-state index in [1.54, 1.807) is 23.8 Å². The molecule has 0 saturated heterocycles. The number of furan rings is 1. The zero-order valence-corrected chi connectivity index (χ0v) is 15.0. The fraction of sp³-hybridized carbons (Fsp3) is 0.150. The van der Waals surface area contributed by atoms with E-state index in [2.05, 4.69) is 22.2 Å². The van der Waals surface area contributed by atoms with Crippen molar-refractivity contribution in [1.29, 1.82) is 0 Å². The maximum absolute atomic E-state index is 12.4. The minimum Gasteiger partial charge on any atom is -0.463 e. The number of fused-ring (bicyclic) bond motifs is 1. The number of nitrogens with zero attached hydrogens (tertiary/aromatic N) is 2. The molecule has 0 fully saturated rings. The van der Waals surface area contributed by atoms with Crippen molar-refractivity contribution in [3.8, 4) is 11.5 Å². The molecule has 0 unspecified atom stereocenters. The minimum atomic E-state index is -0.103. The first-order valence-corrected chi connectivity index (χ1v) is 9.21. The van der Waals surface area contributed by atoms with Crippen molar-refractivity contribution in [3.05, 3.63) is 71.1 Å². The van der Waals surface area contributed by atoms with Gasteiger partial charge in [0.1, 0.15) is 5.69 Å². The molecule has 3 heterocycles. The van der Waals surface area contributed by atoms with Crippen LogP contribution in [0.25, 0.3) is 21.7 Å². The van der Waals surface area contributed by atoms with Crippen LogP contribution in [-0.2, 0) is 13.0 Å². The number of thiazole rings is 1. The third kappa shape index (κ3) is 3.36. The lowest BCUT2D eigenvalue weighted by Gasteiger charge is -2.06. The van der Waals surface area contributed by atoms with Crippen LogP contribution in [0.2, 0.25) is 0 Å². The quantitative estimate of drug-likeness (QED) is 0.569. The third-order valence-electron chi connectivity index (χ3n) is 4.05. The molecule has 0 aliphatic heterocycles. The first-order valence-electron chi connectivity index (χ1n) is 8.39. The Kier molecular flexibility index (Phi) is 4.50. The molecule has 0 spiro atoms. The van der Waals surface area contributed by atoms with Gasteiger partial charge >= 0.3 is 0 Å². The summed E-state index contributed by atoms with van der Waals surface area (Å²) >= 11 is 1.63. The molecule has 130 valence electrons. The first kappa shape index (κ1) is 16.5. The predicted molar refractivity (Wildman–Crippen MR) is 102 cm³/mol. The van der Waals surface area contributed by atoms with Crippen LogP contribution in [-0.4, -0.2) is 15.9 Å². The van der Waals surface area contributed by atoms with Crippen LogP contribution in [0.3, 0.4) is 0 Å². The van der Waals surface area contributed by atoms with E-state index >= 15 is 0 Å². The van der Waals surface area contributed by atoms with Gasteiger partial charge in [0.25, 0.3) is 5.91 Å². The fourth-order valence-electron chi connectivity index (χ4n) is 2.65. The van der Waals surface area contributed by atoms with E-state index in [1.807, 2.05) is 42.5 Å². The Labute approximate surface area is 154 Å². The van der Waals surface area contributed by atoms with E-state index in [0.29, 0.717) is 12.1 Å². The van der Waals surface area contributed by atoms with Crippen LogP contribution >= 0.6 is 11.3 Å². The van der Waals surface area contributed by atoms with Crippen molar-refractivity contribution < 1.29 is 9.21 Å². The van der Waals surface area contributed by atoms with Crippen molar-refractivity contribution >= 4 is 27.5 Å². The second kappa shape index (κ2) is 7.09. The molecule has 0 radical (unpaired) electrons. The first-order chi connectivity index (χ1) is 12.7. The predicted octanol–water partition coefficient (Wildman–Crippen LogP) is 4.44. The summed E-state index contributed by atoms with van der Waals surface area (Å²) in [6.07, 6.45) is 4.27. The number of carbonyl (C=O) groups is 1. The highest BCUT2D eigenvalue weighted by Gasteiger charge is 2.09. The lowest BCUT2D eigenvalue weighted by atomic mass is 10.2. The average Bonchev–Trinajstić information content (AvgIpc) is 3.35. The Morgan fingerprint density at radius 1 is 1.23 bits per heavy atom. The van der Waals surface area contributed by atoms with Crippen LogP contribution in [0.15, 0.2) is 59.3 Å². The van der Waals surface area contributed by atoms with Gasteiger partial charge in [-0.05, 0) is 48.4 Å². The van der Waals surface area contributed by atoms with Gasteiger partial charge in [0.05, 0.1) is 21.5 Å². The van der Waals surface area contributed by atoms with Crippen LogP contribution in [0, 0.1) is 0 Å². The van der Waals surface area contributed by atoms with Crippen LogP contribution < -0.4 is 5.32 Å². The highest BCUT2D eigenvalue weighted by Crippen LogP contribution is 2.23. The largest absolute Gasteiger partial charge is 0.463 e. The van der Waals surface area contributed by atoms with Crippen molar-refractivity contribution in [2.45, 2.75) is 19.9 Å². The van der Waals surface area contributed by atoms with Gasteiger partial charge in [0.15, 0.2) is 5.76 Å². The lowest BCUT2D eigenvalue weighted by molar-refractivity contribution is 0.0951. The Morgan fingerprint density at radius 3 is 2.88 bits per heavy atom. The van der Waals surface area contributed by atoms with Gasteiger partial charge in [-0.1, -0.05) is 13.0 Å². The smallest absolute Gasteiger partial charge is 0.251 e. The number of nitrogens with one attached hydrogen (secondary N) is 1. The molecular weight excluding hydrogens is 346 g/mol. The average molecular weight is 363 g/mol. The van der Waals surface area contributed by atoms with Gasteiger partial charge in [-0.15, -0.1) is 11.3 Å². The van der Waals surface area contributed by atoms with Crippen LogP contribution in [0.4, 0.5) is 0 Å². The Bertz CT molecular complexity index is 1040. The zero-order chi connectivity index (χ0) is 17.9. The molecule has 1 N–H and O–H groups in total. The topological polar surface area (TPSA) is 68.0 Å². The summed E-state index contributed by atoms with van der Waals surface area (Å²) in [6, 6.07) is 13.1. The van der Waals surface area contributed by atoms with Gasteiger partial charge in [0.2, 0.25) is 0 Å². The molecule has 4 aromatic rings. The molecule has 0 aliphatic rings. The van der Waals surface area contributed by atoms with Gasteiger partial charge in [-0.3, -0.25) is 9.78 Å². The molecule has 3 aromatic heterocycles. The summed E-state index contributed by atoms with van der Waals surface area (Å²) in [4.78, 5) is 21.3. The van der Waals surface area contributed by atoms with Gasteiger partial charge < -0.3 is 9.73 Å². The molecule has 26 heavy (non-hydrogen) atoms. The second-order valence-corrected chi connectivity index (χ2v) is 6.97. The van der Waals surface area contributed by atoms with Crippen LogP contribution in [0.1, 0.15) is 27.9 Å².